The van der Waals surface area contributed by atoms with Crippen LogP contribution < -0.4 is 15.8 Å². The Hall–Kier alpha value is -1.62. The first-order valence-electron chi connectivity index (χ1n) is 6.21. The molecule has 0 aromatic carbocycles. The Morgan fingerprint density at radius 1 is 1.56 bits per heavy atom. The summed E-state index contributed by atoms with van der Waals surface area (Å²) in [7, 11) is 1.53. The third-order valence-corrected chi connectivity index (χ3v) is 3.58. The van der Waals surface area contributed by atoms with Crippen LogP contribution in [0.1, 0.15) is 36.0 Å². The molecule has 1 amide bonds. The quantitative estimate of drug-likeness (QED) is 0.837. The molecular weight excluding hydrogens is 230 g/mol. The third kappa shape index (κ3) is 2.46. The number of nitrogens with one attached hydrogen (secondary N) is 1. The summed E-state index contributed by atoms with van der Waals surface area (Å²) >= 11 is 0. The van der Waals surface area contributed by atoms with E-state index >= 15 is 0 Å². The topological polar surface area (TPSA) is 77.2 Å². The second-order valence-electron chi connectivity index (χ2n) is 4.72. The van der Waals surface area contributed by atoms with E-state index in [9.17, 15) is 4.79 Å². The number of nitrogens with zero attached hydrogens (tertiary/aromatic N) is 1. The summed E-state index contributed by atoms with van der Waals surface area (Å²) in [5.74, 6) is 0.349. The van der Waals surface area contributed by atoms with E-state index in [1.807, 2.05) is 0 Å². The summed E-state index contributed by atoms with van der Waals surface area (Å²) in [6.07, 6.45) is 7.25. The Morgan fingerprint density at radius 2 is 2.28 bits per heavy atom. The largest absolute Gasteiger partial charge is 0.494 e. The molecule has 1 saturated carbocycles. The highest BCUT2D eigenvalue weighted by Crippen LogP contribution is 2.29. The Balaban J connectivity index is 2.16. The minimum atomic E-state index is -0.245. The minimum Gasteiger partial charge on any atom is -0.494 e. The van der Waals surface area contributed by atoms with Gasteiger partial charge in [-0.3, -0.25) is 9.78 Å². The van der Waals surface area contributed by atoms with Gasteiger partial charge in [-0.15, -0.1) is 0 Å². The fourth-order valence-corrected chi connectivity index (χ4v) is 2.47. The number of methoxy groups -OCH3 is 1. The maximum atomic E-state index is 12.3. The molecule has 1 aromatic heterocycles. The molecule has 1 aliphatic carbocycles. The van der Waals surface area contributed by atoms with E-state index in [2.05, 4.69) is 10.3 Å². The van der Waals surface area contributed by atoms with Crippen LogP contribution in [0.5, 0.6) is 5.75 Å². The SMILES string of the molecule is COc1cnccc1C(=O)NC1(CN)CCCC1. The Kier molecular flexibility index (Phi) is 3.81. The van der Waals surface area contributed by atoms with Gasteiger partial charge in [0.25, 0.3) is 5.91 Å². The number of ether oxygens (including phenoxy) is 1. The second-order valence-corrected chi connectivity index (χ2v) is 4.72. The van der Waals surface area contributed by atoms with E-state index in [1.165, 1.54) is 7.11 Å². The standard InChI is InChI=1S/C13H19N3O2/c1-18-11-8-15-7-4-10(11)12(17)16-13(9-14)5-2-3-6-13/h4,7-8H,2-3,5-6,9,14H2,1H3,(H,16,17). The number of aromatic nitrogens is 1. The highest BCUT2D eigenvalue weighted by Gasteiger charge is 2.34. The van der Waals surface area contributed by atoms with Crippen LogP contribution in [0.25, 0.3) is 0 Å². The molecule has 0 unspecified atom stereocenters. The molecule has 98 valence electrons. The van der Waals surface area contributed by atoms with Crippen LogP contribution in [-0.4, -0.2) is 30.1 Å². The van der Waals surface area contributed by atoms with Gasteiger partial charge in [-0.25, -0.2) is 0 Å². The monoisotopic (exact) mass is 249 g/mol. The van der Waals surface area contributed by atoms with Crippen molar-refractivity contribution < 1.29 is 9.53 Å². The van der Waals surface area contributed by atoms with Crippen LogP contribution in [0.4, 0.5) is 0 Å². The van der Waals surface area contributed by atoms with Crippen molar-refractivity contribution in [2.45, 2.75) is 31.2 Å². The van der Waals surface area contributed by atoms with Crippen LogP contribution in [0.15, 0.2) is 18.5 Å². The van der Waals surface area contributed by atoms with Gasteiger partial charge in [0.05, 0.1) is 24.4 Å². The van der Waals surface area contributed by atoms with E-state index < -0.39 is 0 Å². The van der Waals surface area contributed by atoms with Crippen molar-refractivity contribution in [3.63, 3.8) is 0 Å². The van der Waals surface area contributed by atoms with Crippen LogP contribution >= 0.6 is 0 Å². The molecule has 0 atom stereocenters. The minimum absolute atomic E-state index is 0.137. The van der Waals surface area contributed by atoms with Gasteiger partial charge in [-0.2, -0.15) is 0 Å². The van der Waals surface area contributed by atoms with Crippen LogP contribution in [0.3, 0.4) is 0 Å². The van der Waals surface area contributed by atoms with Gasteiger partial charge in [-0.05, 0) is 18.9 Å². The molecule has 1 fully saturated rings. The second kappa shape index (κ2) is 5.35. The molecule has 1 heterocycles. The fourth-order valence-electron chi connectivity index (χ4n) is 2.47. The van der Waals surface area contributed by atoms with Gasteiger partial charge < -0.3 is 15.8 Å². The van der Waals surface area contributed by atoms with Crippen LogP contribution in [0.2, 0.25) is 0 Å². The summed E-state index contributed by atoms with van der Waals surface area (Å²) in [6.45, 7) is 0.478. The number of amides is 1. The van der Waals surface area contributed by atoms with Gasteiger partial charge in [0.2, 0.25) is 0 Å². The van der Waals surface area contributed by atoms with Gasteiger partial charge in [0, 0.05) is 12.7 Å². The maximum Gasteiger partial charge on any atom is 0.255 e. The predicted molar refractivity (Wildman–Crippen MR) is 68.5 cm³/mol. The van der Waals surface area contributed by atoms with Crippen molar-refractivity contribution in [1.82, 2.24) is 10.3 Å². The molecule has 2 rings (SSSR count). The first-order valence-corrected chi connectivity index (χ1v) is 6.21. The summed E-state index contributed by atoms with van der Waals surface area (Å²) in [5, 5.41) is 3.06. The van der Waals surface area contributed by atoms with Gasteiger partial charge >= 0.3 is 0 Å². The van der Waals surface area contributed by atoms with E-state index in [4.69, 9.17) is 10.5 Å². The number of pyridine rings is 1. The lowest BCUT2D eigenvalue weighted by molar-refractivity contribution is 0.0900. The molecule has 0 spiro atoms. The molecule has 5 heteroatoms. The molecule has 1 aromatic rings. The van der Waals surface area contributed by atoms with Gasteiger partial charge in [-0.1, -0.05) is 12.8 Å². The van der Waals surface area contributed by atoms with Gasteiger partial charge in [0.15, 0.2) is 0 Å². The molecule has 0 radical (unpaired) electrons. The van der Waals surface area contributed by atoms with Crippen molar-refractivity contribution in [1.29, 1.82) is 0 Å². The number of carbonyl (C=O) groups excluding carboxylic acids is 1. The van der Waals surface area contributed by atoms with E-state index in [-0.39, 0.29) is 11.4 Å². The normalized spacial score (nSPS) is 17.4. The van der Waals surface area contributed by atoms with Crippen molar-refractivity contribution in [2.24, 2.45) is 5.73 Å². The fraction of sp³-hybridized carbons (Fsp3) is 0.538. The maximum absolute atomic E-state index is 12.3. The van der Waals surface area contributed by atoms with Crippen molar-refractivity contribution in [3.8, 4) is 5.75 Å². The van der Waals surface area contributed by atoms with Crippen molar-refractivity contribution in [3.05, 3.63) is 24.0 Å². The smallest absolute Gasteiger partial charge is 0.255 e. The Bertz CT molecular complexity index is 428. The van der Waals surface area contributed by atoms with Gasteiger partial charge in [0.1, 0.15) is 5.75 Å². The van der Waals surface area contributed by atoms with Crippen LogP contribution in [0, 0.1) is 0 Å². The summed E-state index contributed by atoms with van der Waals surface area (Å²) < 4.78 is 5.14. The van der Waals surface area contributed by atoms with Crippen molar-refractivity contribution in [2.75, 3.05) is 13.7 Å². The number of hydrogen-bond acceptors (Lipinski definition) is 4. The van der Waals surface area contributed by atoms with E-state index in [0.717, 1.165) is 25.7 Å². The predicted octanol–water partition coefficient (Wildman–Crippen LogP) is 1.09. The zero-order valence-electron chi connectivity index (χ0n) is 10.6. The zero-order chi connectivity index (χ0) is 13.0. The average Bonchev–Trinajstić information content (AvgIpc) is 2.87. The number of rotatable bonds is 4. The lowest BCUT2D eigenvalue weighted by Gasteiger charge is -2.28. The Morgan fingerprint density at radius 3 is 2.89 bits per heavy atom. The molecule has 3 N–H and O–H groups in total. The first kappa shape index (κ1) is 12.8. The zero-order valence-corrected chi connectivity index (χ0v) is 10.6. The summed E-state index contributed by atoms with van der Waals surface area (Å²) in [5.41, 5.74) is 6.07. The van der Waals surface area contributed by atoms with Crippen molar-refractivity contribution >= 4 is 5.91 Å². The van der Waals surface area contributed by atoms with E-state index in [0.29, 0.717) is 17.9 Å². The first-order chi connectivity index (χ1) is 8.71. The molecular formula is C13H19N3O2. The molecule has 5 nitrogen and oxygen atoms in total. The summed E-state index contributed by atoms with van der Waals surface area (Å²) in [6, 6.07) is 1.66. The number of nitrogens with two attached hydrogens (primary N) is 1. The number of hydrogen-bond donors (Lipinski definition) is 2. The Labute approximate surface area is 107 Å². The molecule has 1 aliphatic rings. The highest BCUT2D eigenvalue weighted by molar-refractivity contribution is 5.97. The van der Waals surface area contributed by atoms with Crippen LogP contribution in [-0.2, 0) is 0 Å². The van der Waals surface area contributed by atoms with E-state index in [1.54, 1.807) is 18.5 Å². The molecule has 0 aliphatic heterocycles. The number of carbonyl (C=O) groups is 1. The summed E-state index contributed by atoms with van der Waals surface area (Å²) in [4.78, 5) is 16.2. The highest BCUT2D eigenvalue weighted by atomic mass is 16.5. The average molecular weight is 249 g/mol. The molecule has 0 saturated heterocycles. The molecule has 18 heavy (non-hydrogen) atoms. The lowest BCUT2D eigenvalue weighted by atomic mass is 9.97. The molecule has 0 bridgehead atoms. The lowest BCUT2D eigenvalue weighted by Crippen LogP contribution is -2.51. The third-order valence-electron chi connectivity index (χ3n) is 3.58.